The number of nitrogens with zero attached hydrogens (tertiary/aromatic N) is 2. The molecule has 0 spiro atoms. The highest BCUT2D eigenvalue weighted by molar-refractivity contribution is 5.61. The summed E-state index contributed by atoms with van der Waals surface area (Å²) < 4.78 is 0. The summed E-state index contributed by atoms with van der Waals surface area (Å²) in [5, 5.41) is 8.78. The average molecular weight is 174 g/mol. The van der Waals surface area contributed by atoms with Gasteiger partial charge in [-0.2, -0.15) is 5.26 Å². The van der Waals surface area contributed by atoms with Crippen LogP contribution in [-0.2, 0) is 0 Å². The summed E-state index contributed by atoms with van der Waals surface area (Å²) in [7, 11) is 1.78. The lowest BCUT2D eigenvalue weighted by Gasteiger charge is -2.16. The highest BCUT2D eigenvalue weighted by atomic mass is 15.1. The second-order valence-electron chi connectivity index (χ2n) is 3.41. The van der Waals surface area contributed by atoms with Crippen LogP contribution in [0.1, 0.15) is 16.7 Å². The van der Waals surface area contributed by atoms with Crippen LogP contribution in [0.5, 0.6) is 0 Å². The lowest BCUT2D eigenvalue weighted by Crippen LogP contribution is -2.11. The molecule has 1 rings (SSSR count). The van der Waals surface area contributed by atoms with E-state index in [1.54, 1.807) is 11.9 Å². The van der Waals surface area contributed by atoms with Crippen LogP contribution >= 0.6 is 0 Å². The van der Waals surface area contributed by atoms with Gasteiger partial charge >= 0.3 is 0 Å². The Morgan fingerprint density at radius 1 is 1.15 bits per heavy atom. The molecule has 13 heavy (non-hydrogen) atoms. The minimum Gasteiger partial charge on any atom is -0.282 e. The van der Waals surface area contributed by atoms with E-state index in [9.17, 15) is 0 Å². The summed E-state index contributed by atoms with van der Waals surface area (Å²) in [6.45, 7) is 6.13. The Morgan fingerprint density at radius 2 is 1.62 bits per heavy atom. The van der Waals surface area contributed by atoms with E-state index < -0.39 is 0 Å². The van der Waals surface area contributed by atoms with Crippen molar-refractivity contribution in [1.29, 1.82) is 5.26 Å². The van der Waals surface area contributed by atoms with E-state index in [4.69, 9.17) is 5.26 Å². The average Bonchev–Trinajstić information content (AvgIpc) is 2.02. The van der Waals surface area contributed by atoms with Crippen molar-refractivity contribution < 1.29 is 0 Å². The minimum atomic E-state index is 1.02. The highest BCUT2D eigenvalue weighted by Crippen LogP contribution is 2.24. The number of benzene rings is 1. The van der Waals surface area contributed by atoms with Crippen LogP contribution in [0.25, 0.3) is 0 Å². The molecule has 0 unspecified atom stereocenters. The number of rotatable bonds is 1. The first-order valence-electron chi connectivity index (χ1n) is 4.27. The Balaban J connectivity index is 3.30. The van der Waals surface area contributed by atoms with Gasteiger partial charge in [0.25, 0.3) is 0 Å². The zero-order chi connectivity index (χ0) is 10.0. The molecule has 0 bridgehead atoms. The molecule has 2 nitrogen and oxygen atoms in total. The first-order chi connectivity index (χ1) is 6.06. The van der Waals surface area contributed by atoms with E-state index in [1.807, 2.05) is 13.8 Å². The van der Waals surface area contributed by atoms with Gasteiger partial charge in [-0.3, -0.25) is 4.90 Å². The fraction of sp³-hybridized carbons (Fsp3) is 0.364. The molecule has 0 saturated heterocycles. The third-order valence-electron chi connectivity index (χ3n) is 2.12. The Kier molecular flexibility index (Phi) is 2.57. The van der Waals surface area contributed by atoms with E-state index >= 15 is 0 Å². The maximum absolute atomic E-state index is 8.78. The van der Waals surface area contributed by atoms with Gasteiger partial charge in [0.2, 0.25) is 0 Å². The van der Waals surface area contributed by atoms with E-state index in [0.29, 0.717) is 0 Å². The van der Waals surface area contributed by atoms with Crippen molar-refractivity contribution in [3.05, 3.63) is 28.8 Å². The molecule has 0 aliphatic rings. The summed E-state index contributed by atoms with van der Waals surface area (Å²) in [6.07, 6.45) is 2.12. The lowest BCUT2D eigenvalue weighted by molar-refractivity contribution is 1.15. The fourth-order valence-corrected chi connectivity index (χ4v) is 1.75. The Labute approximate surface area is 79.4 Å². The van der Waals surface area contributed by atoms with Crippen LogP contribution in [0, 0.1) is 32.2 Å². The van der Waals surface area contributed by atoms with E-state index in [2.05, 4.69) is 25.2 Å². The van der Waals surface area contributed by atoms with Gasteiger partial charge in [-0.1, -0.05) is 17.7 Å². The van der Waals surface area contributed by atoms with Crippen molar-refractivity contribution in [1.82, 2.24) is 0 Å². The molecule has 0 saturated carbocycles. The van der Waals surface area contributed by atoms with Gasteiger partial charge in [0.1, 0.15) is 0 Å². The Hall–Kier alpha value is -1.49. The van der Waals surface area contributed by atoms with Gasteiger partial charge in [0, 0.05) is 7.05 Å². The van der Waals surface area contributed by atoms with E-state index in [1.165, 1.54) is 5.56 Å². The lowest BCUT2D eigenvalue weighted by atomic mass is 10.0. The number of hydrogen-bond acceptors (Lipinski definition) is 2. The van der Waals surface area contributed by atoms with Crippen molar-refractivity contribution >= 4 is 5.69 Å². The maximum Gasteiger partial charge on any atom is 0.184 e. The van der Waals surface area contributed by atoms with Gasteiger partial charge in [0.15, 0.2) is 6.19 Å². The normalized spacial score (nSPS) is 9.46. The van der Waals surface area contributed by atoms with Crippen LogP contribution < -0.4 is 4.90 Å². The van der Waals surface area contributed by atoms with Crippen molar-refractivity contribution in [2.24, 2.45) is 0 Å². The van der Waals surface area contributed by atoms with Gasteiger partial charge in [-0.05, 0) is 31.9 Å². The number of nitriles is 1. The summed E-state index contributed by atoms with van der Waals surface area (Å²) >= 11 is 0. The zero-order valence-corrected chi connectivity index (χ0v) is 8.55. The van der Waals surface area contributed by atoms with Crippen molar-refractivity contribution in [3.8, 4) is 6.19 Å². The summed E-state index contributed by atoms with van der Waals surface area (Å²) in [6, 6.07) is 4.19. The van der Waals surface area contributed by atoms with Gasteiger partial charge < -0.3 is 0 Å². The van der Waals surface area contributed by atoms with Crippen molar-refractivity contribution in [3.63, 3.8) is 0 Å². The van der Waals surface area contributed by atoms with Gasteiger partial charge in [-0.15, -0.1) is 0 Å². The standard InChI is InChI=1S/C11H14N2/c1-8-5-9(2)11(10(3)6-8)13(4)7-12/h5-6H,1-4H3. The van der Waals surface area contributed by atoms with Crippen molar-refractivity contribution in [2.45, 2.75) is 20.8 Å². The molecule has 0 radical (unpaired) electrons. The smallest absolute Gasteiger partial charge is 0.184 e. The SMILES string of the molecule is Cc1cc(C)c(N(C)C#N)c(C)c1. The molecule has 1 aromatic carbocycles. The van der Waals surface area contributed by atoms with Crippen LogP contribution in [0.4, 0.5) is 5.69 Å². The third-order valence-corrected chi connectivity index (χ3v) is 2.12. The Bertz CT molecular complexity index is 338. The van der Waals surface area contributed by atoms with Crippen molar-refractivity contribution in [2.75, 3.05) is 11.9 Å². The zero-order valence-electron chi connectivity index (χ0n) is 8.55. The summed E-state index contributed by atoms with van der Waals surface area (Å²) in [4.78, 5) is 1.60. The monoisotopic (exact) mass is 174 g/mol. The molecule has 0 fully saturated rings. The molecule has 0 aliphatic heterocycles. The first kappa shape index (κ1) is 9.60. The van der Waals surface area contributed by atoms with Crippen LogP contribution in [0.15, 0.2) is 12.1 Å². The maximum atomic E-state index is 8.78. The molecule has 0 N–H and O–H groups in total. The number of anilines is 1. The quantitative estimate of drug-likeness (QED) is 0.483. The molecule has 1 aromatic rings. The molecule has 0 heterocycles. The van der Waals surface area contributed by atoms with Gasteiger partial charge in [0.05, 0.1) is 5.69 Å². The molecular formula is C11H14N2. The molecule has 0 atom stereocenters. The second kappa shape index (κ2) is 3.49. The highest BCUT2D eigenvalue weighted by Gasteiger charge is 2.07. The predicted molar refractivity (Wildman–Crippen MR) is 54.7 cm³/mol. The molecular weight excluding hydrogens is 160 g/mol. The van der Waals surface area contributed by atoms with Gasteiger partial charge in [-0.25, -0.2) is 0 Å². The Morgan fingerprint density at radius 3 is 2.00 bits per heavy atom. The summed E-state index contributed by atoms with van der Waals surface area (Å²) in [5.74, 6) is 0. The van der Waals surface area contributed by atoms with E-state index in [0.717, 1.165) is 16.8 Å². The molecule has 2 heteroatoms. The second-order valence-corrected chi connectivity index (χ2v) is 3.41. The molecule has 0 aromatic heterocycles. The predicted octanol–water partition coefficient (Wildman–Crippen LogP) is 2.53. The number of aryl methyl sites for hydroxylation is 3. The van der Waals surface area contributed by atoms with Crippen LogP contribution in [0.2, 0.25) is 0 Å². The van der Waals surface area contributed by atoms with E-state index in [-0.39, 0.29) is 0 Å². The van der Waals surface area contributed by atoms with Crippen LogP contribution in [0.3, 0.4) is 0 Å². The minimum absolute atomic E-state index is 1.02. The fourth-order valence-electron chi connectivity index (χ4n) is 1.75. The molecule has 0 aliphatic carbocycles. The first-order valence-corrected chi connectivity index (χ1v) is 4.27. The topological polar surface area (TPSA) is 27.0 Å². The summed E-state index contributed by atoms with van der Waals surface area (Å²) in [5.41, 5.74) is 4.57. The largest absolute Gasteiger partial charge is 0.282 e. The van der Waals surface area contributed by atoms with Crippen LogP contribution in [-0.4, -0.2) is 7.05 Å². The molecule has 0 amide bonds. The third kappa shape index (κ3) is 1.81. The number of hydrogen-bond donors (Lipinski definition) is 0. The molecule has 68 valence electrons.